The fourth-order valence-electron chi connectivity index (χ4n) is 3.13. The second kappa shape index (κ2) is 9.65. The average molecular weight is 413 g/mol. The molecule has 1 atom stereocenters. The highest BCUT2D eigenvalue weighted by atomic mass is 16.6. The Bertz CT molecular complexity index is 900. The van der Waals surface area contributed by atoms with E-state index in [1.54, 1.807) is 39.0 Å². The lowest BCUT2D eigenvalue weighted by molar-refractivity contribution is -0.123. The summed E-state index contributed by atoms with van der Waals surface area (Å²) in [6, 6.07) is 12.2. The number of nitrogens with one attached hydrogen (secondary N) is 2. The van der Waals surface area contributed by atoms with E-state index in [0.717, 1.165) is 22.3 Å². The Labute approximate surface area is 178 Å². The van der Waals surface area contributed by atoms with Gasteiger partial charge >= 0.3 is 6.09 Å². The molecule has 0 saturated heterocycles. The number of hydrogen-bond acceptors (Lipinski definition) is 4. The van der Waals surface area contributed by atoms with Crippen molar-refractivity contribution in [3.05, 3.63) is 53.6 Å². The Kier molecular flexibility index (Phi) is 7.48. The molecule has 1 unspecified atom stereocenters. The number of phenolic OH excluding ortho intramolecular Hbond substituents is 1. The lowest BCUT2D eigenvalue weighted by Crippen LogP contribution is -2.50. The van der Waals surface area contributed by atoms with E-state index in [0.29, 0.717) is 6.42 Å². The molecular formula is C24H32N2O4. The second-order valence-electron chi connectivity index (χ2n) is 8.77. The van der Waals surface area contributed by atoms with Gasteiger partial charge in [-0.3, -0.25) is 4.79 Å². The number of hydrogen-bond donors (Lipinski definition) is 3. The van der Waals surface area contributed by atoms with Crippen LogP contribution in [-0.2, 0) is 16.0 Å². The molecule has 2 amide bonds. The molecule has 6 nitrogen and oxygen atoms in total. The first kappa shape index (κ1) is 23.3. The largest absolute Gasteiger partial charge is 0.508 e. The summed E-state index contributed by atoms with van der Waals surface area (Å²) in [4.78, 5) is 24.9. The maximum absolute atomic E-state index is 12.7. The molecule has 2 aromatic rings. The maximum atomic E-state index is 12.7. The molecule has 0 aliphatic heterocycles. The molecule has 0 saturated carbocycles. The van der Waals surface area contributed by atoms with Gasteiger partial charge in [0.05, 0.1) is 0 Å². The molecule has 0 bridgehead atoms. The SMILES string of the molecule is Cc1cc(CC(NC(=O)OC(C)(C)C)C(=O)NC(C)C)ccc1-c1cccc(O)c1. The molecule has 0 aliphatic carbocycles. The van der Waals surface area contributed by atoms with E-state index < -0.39 is 17.7 Å². The zero-order valence-corrected chi connectivity index (χ0v) is 18.6. The highest BCUT2D eigenvalue weighted by Gasteiger charge is 2.25. The molecule has 2 aromatic carbocycles. The summed E-state index contributed by atoms with van der Waals surface area (Å²) in [6.45, 7) is 11.1. The van der Waals surface area contributed by atoms with Gasteiger partial charge in [-0.25, -0.2) is 4.79 Å². The monoisotopic (exact) mass is 412 g/mol. The van der Waals surface area contributed by atoms with Gasteiger partial charge in [0.15, 0.2) is 0 Å². The van der Waals surface area contributed by atoms with Gasteiger partial charge in [-0.1, -0.05) is 30.3 Å². The van der Waals surface area contributed by atoms with Crippen LogP contribution in [0.1, 0.15) is 45.7 Å². The Hall–Kier alpha value is -3.02. The molecule has 0 spiro atoms. The third kappa shape index (κ3) is 7.10. The number of alkyl carbamates (subject to hydrolysis) is 1. The van der Waals surface area contributed by atoms with Crippen molar-refractivity contribution in [1.82, 2.24) is 10.6 Å². The van der Waals surface area contributed by atoms with E-state index in [2.05, 4.69) is 10.6 Å². The van der Waals surface area contributed by atoms with Crippen LogP contribution < -0.4 is 10.6 Å². The van der Waals surface area contributed by atoms with Crippen molar-refractivity contribution >= 4 is 12.0 Å². The summed E-state index contributed by atoms with van der Waals surface area (Å²) < 4.78 is 5.32. The Balaban J connectivity index is 2.22. The first-order valence-corrected chi connectivity index (χ1v) is 10.1. The first-order valence-electron chi connectivity index (χ1n) is 10.1. The van der Waals surface area contributed by atoms with Crippen LogP contribution >= 0.6 is 0 Å². The van der Waals surface area contributed by atoms with Crippen LogP contribution in [0.15, 0.2) is 42.5 Å². The molecular weight excluding hydrogens is 380 g/mol. The second-order valence-corrected chi connectivity index (χ2v) is 8.77. The molecule has 0 heterocycles. The lowest BCUT2D eigenvalue weighted by atomic mass is 9.95. The number of carbonyl (C=O) groups excluding carboxylic acids is 2. The molecule has 6 heteroatoms. The van der Waals surface area contributed by atoms with Gasteiger partial charge in [-0.15, -0.1) is 0 Å². The van der Waals surface area contributed by atoms with Crippen LogP contribution in [0.4, 0.5) is 4.79 Å². The minimum Gasteiger partial charge on any atom is -0.508 e. The molecule has 2 rings (SSSR count). The van der Waals surface area contributed by atoms with E-state index in [4.69, 9.17) is 4.74 Å². The van der Waals surface area contributed by atoms with Gasteiger partial charge in [-0.2, -0.15) is 0 Å². The predicted octanol–water partition coefficient (Wildman–Crippen LogP) is 4.33. The number of benzene rings is 2. The Morgan fingerprint density at radius 3 is 2.33 bits per heavy atom. The highest BCUT2D eigenvalue weighted by molar-refractivity contribution is 5.86. The van der Waals surface area contributed by atoms with Gasteiger partial charge in [0.25, 0.3) is 0 Å². The molecule has 3 N–H and O–H groups in total. The number of amides is 2. The molecule has 0 aliphatic rings. The van der Waals surface area contributed by atoms with Crippen molar-refractivity contribution in [2.24, 2.45) is 0 Å². The minimum atomic E-state index is -0.756. The van der Waals surface area contributed by atoms with Gasteiger partial charge in [-0.05, 0) is 75.9 Å². The highest BCUT2D eigenvalue weighted by Crippen LogP contribution is 2.27. The molecule has 0 fully saturated rings. The average Bonchev–Trinajstić information content (AvgIpc) is 2.59. The van der Waals surface area contributed by atoms with Crippen LogP contribution in [-0.4, -0.2) is 34.8 Å². The van der Waals surface area contributed by atoms with Crippen molar-refractivity contribution in [3.8, 4) is 16.9 Å². The lowest BCUT2D eigenvalue weighted by Gasteiger charge is -2.24. The number of carbonyl (C=O) groups is 2. The Morgan fingerprint density at radius 2 is 1.77 bits per heavy atom. The van der Waals surface area contributed by atoms with Gasteiger partial charge in [0.1, 0.15) is 17.4 Å². The van der Waals surface area contributed by atoms with E-state index in [-0.39, 0.29) is 17.7 Å². The van der Waals surface area contributed by atoms with Crippen LogP contribution in [0.3, 0.4) is 0 Å². The van der Waals surface area contributed by atoms with Gasteiger partial charge in [0.2, 0.25) is 5.91 Å². The summed E-state index contributed by atoms with van der Waals surface area (Å²) in [6.07, 6.45) is -0.293. The third-order valence-corrected chi connectivity index (χ3v) is 4.33. The molecule has 162 valence electrons. The van der Waals surface area contributed by atoms with Crippen molar-refractivity contribution in [3.63, 3.8) is 0 Å². The van der Waals surface area contributed by atoms with Crippen molar-refractivity contribution in [2.75, 3.05) is 0 Å². The van der Waals surface area contributed by atoms with Crippen LogP contribution in [0.25, 0.3) is 11.1 Å². The fourth-order valence-corrected chi connectivity index (χ4v) is 3.13. The van der Waals surface area contributed by atoms with E-state index >= 15 is 0 Å². The minimum absolute atomic E-state index is 0.0460. The van der Waals surface area contributed by atoms with Gasteiger partial charge in [0, 0.05) is 12.5 Å². The third-order valence-electron chi connectivity index (χ3n) is 4.33. The van der Waals surface area contributed by atoms with Crippen LogP contribution in [0, 0.1) is 6.92 Å². The van der Waals surface area contributed by atoms with Crippen LogP contribution in [0.2, 0.25) is 0 Å². The van der Waals surface area contributed by atoms with Crippen molar-refractivity contribution in [1.29, 1.82) is 0 Å². The Morgan fingerprint density at radius 1 is 1.07 bits per heavy atom. The number of rotatable bonds is 6. The molecule has 0 radical (unpaired) electrons. The van der Waals surface area contributed by atoms with Crippen molar-refractivity contribution in [2.45, 2.75) is 65.6 Å². The molecule has 30 heavy (non-hydrogen) atoms. The number of phenols is 1. The molecule has 0 aromatic heterocycles. The van der Waals surface area contributed by atoms with E-state index in [1.807, 2.05) is 45.0 Å². The smallest absolute Gasteiger partial charge is 0.408 e. The summed E-state index contributed by atoms with van der Waals surface area (Å²) in [5.74, 6) is -0.0477. The first-order chi connectivity index (χ1) is 13.9. The summed E-state index contributed by atoms with van der Waals surface area (Å²) >= 11 is 0. The van der Waals surface area contributed by atoms with Crippen LogP contribution in [0.5, 0.6) is 5.75 Å². The topological polar surface area (TPSA) is 87.7 Å². The van der Waals surface area contributed by atoms with E-state index in [1.165, 1.54) is 0 Å². The fraction of sp³-hybridized carbons (Fsp3) is 0.417. The maximum Gasteiger partial charge on any atom is 0.408 e. The predicted molar refractivity (Wildman–Crippen MR) is 118 cm³/mol. The normalized spacial score (nSPS) is 12.4. The summed E-state index contributed by atoms with van der Waals surface area (Å²) in [7, 11) is 0. The van der Waals surface area contributed by atoms with Gasteiger partial charge < -0.3 is 20.5 Å². The quantitative estimate of drug-likeness (QED) is 0.659. The zero-order chi connectivity index (χ0) is 22.5. The summed E-state index contributed by atoms with van der Waals surface area (Å²) in [5.41, 5.74) is 3.19. The summed E-state index contributed by atoms with van der Waals surface area (Å²) in [5, 5.41) is 15.3. The van der Waals surface area contributed by atoms with E-state index in [9.17, 15) is 14.7 Å². The zero-order valence-electron chi connectivity index (χ0n) is 18.6. The van der Waals surface area contributed by atoms with Crippen molar-refractivity contribution < 1.29 is 19.4 Å². The number of ether oxygens (including phenoxy) is 1. The standard InChI is InChI=1S/C24H32N2O4/c1-15(2)25-22(28)21(26-23(29)30-24(4,5)6)13-17-10-11-20(16(3)12-17)18-8-7-9-19(27)14-18/h7-12,14-15,21,27H,13H2,1-6H3,(H,25,28)(H,26,29). The number of aromatic hydroxyl groups is 1. The number of aryl methyl sites for hydroxylation is 1.